The van der Waals surface area contributed by atoms with E-state index in [1.54, 1.807) is 12.1 Å². The van der Waals surface area contributed by atoms with Crippen molar-refractivity contribution in [3.8, 4) is 5.75 Å². The molecule has 0 radical (unpaired) electrons. The van der Waals surface area contributed by atoms with Gasteiger partial charge in [0.15, 0.2) is 0 Å². The molecule has 3 atom stereocenters. The van der Waals surface area contributed by atoms with Crippen molar-refractivity contribution < 1.29 is 13.5 Å². The highest BCUT2D eigenvalue weighted by atomic mass is 19.3. The van der Waals surface area contributed by atoms with Crippen molar-refractivity contribution in [2.75, 3.05) is 0 Å². The lowest BCUT2D eigenvalue weighted by molar-refractivity contribution is -0.0506. The van der Waals surface area contributed by atoms with Gasteiger partial charge in [0.1, 0.15) is 5.75 Å². The molecular weight excluding hydrogens is 260 g/mol. The molecule has 3 unspecified atom stereocenters. The van der Waals surface area contributed by atoms with Crippen LogP contribution in [0.2, 0.25) is 0 Å². The van der Waals surface area contributed by atoms with Crippen molar-refractivity contribution in [2.24, 2.45) is 5.92 Å². The Morgan fingerprint density at radius 1 is 1.30 bits per heavy atom. The van der Waals surface area contributed by atoms with E-state index in [1.807, 2.05) is 19.1 Å². The molecule has 0 aromatic heterocycles. The molecule has 0 heterocycles. The lowest BCUT2D eigenvalue weighted by atomic mass is 10.0. The van der Waals surface area contributed by atoms with Gasteiger partial charge >= 0.3 is 6.61 Å². The third-order valence-corrected chi connectivity index (χ3v) is 4.21. The van der Waals surface area contributed by atoms with Crippen molar-refractivity contribution in [1.82, 2.24) is 5.32 Å². The molecule has 1 aromatic carbocycles. The number of alkyl halides is 2. The monoisotopic (exact) mass is 283 g/mol. The quantitative estimate of drug-likeness (QED) is 0.829. The number of benzene rings is 1. The van der Waals surface area contributed by atoms with E-state index >= 15 is 0 Å². The molecule has 0 amide bonds. The number of para-hydroxylation sites is 1. The fourth-order valence-electron chi connectivity index (χ4n) is 3.08. The molecule has 1 N–H and O–H groups in total. The molecule has 2 rings (SSSR count). The van der Waals surface area contributed by atoms with E-state index in [1.165, 1.54) is 25.7 Å². The number of halogens is 2. The van der Waals surface area contributed by atoms with E-state index in [0.717, 1.165) is 11.5 Å². The van der Waals surface area contributed by atoms with Crippen LogP contribution in [0, 0.1) is 5.92 Å². The number of hydrogen-bond acceptors (Lipinski definition) is 2. The molecule has 1 aliphatic carbocycles. The largest absolute Gasteiger partial charge is 0.434 e. The van der Waals surface area contributed by atoms with Crippen molar-refractivity contribution in [3.05, 3.63) is 29.8 Å². The molecule has 0 spiro atoms. The first-order valence-electron chi connectivity index (χ1n) is 7.40. The zero-order valence-electron chi connectivity index (χ0n) is 12.1. The van der Waals surface area contributed by atoms with Crippen LogP contribution in [-0.2, 0) is 0 Å². The Morgan fingerprint density at radius 2 is 2.05 bits per heavy atom. The summed E-state index contributed by atoms with van der Waals surface area (Å²) < 4.78 is 29.4. The molecule has 4 heteroatoms. The Kier molecular flexibility index (Phi) is 5.35. The van der Waals surface area contributed by atoms with Crippen LogP contribution in [0.15, 0.2) is 24.3 Å². The van der Waals surface area contributed by atoms with Crippen molar-refractivity contribution in [3.63, 3.8) is 0 Å². The highest BCUT2D eigenvalue weighted by Crippen LogP contribution is 2.31. The van der Waals surface area contributed by atoms with E-state index < -0.39 is 6.61 Å². The molecule has 20 heavy (non-hydrogen) atoms. The number of rotatable bonds is 6. The van der Waals surface area contributed by atoms with Gasteiger partial charge in [-0.25, -0.2) is 0 Å². The van der Waals surface area contributed by atoms with Gasteiger partial charge in [-0.15, -0.1) is 0 Å². The summed E-state index contributed by atoms with van der Waals surface area (Å²) in [4.78, 5) is 0. The normalized spacial score (nSPS) is 24.1. The Hall–Kier alpha value is -1.16. The summed E-state index contributed by atoms with van der Waals surface area (Å²) in [5.74, 6) is 1.07. The average Bonchev–Trinajstić information content (AvgIpc) is 2.86. The summed E-state index contributed by atoms with van der Waals surface area (Å²) in [6.45, 7) is 1.45. The van der Waals surface area contributed by atoms with E-state index in [2.05, 4.69) is 17.0 Å². The predicted octanol–water partition coefficient (Wildman–Crippen LogP) is 4.52. The second-order valence-electron chi connectivity index (χ2n) is 5.59. The molecule has 0 saturated heterocycles. The van der Waals surface area contributed by atoms with Crippen LogP contribution in [0.5, 0.6) is 5.75 Å². The molecule has 2 nitrogen and oxygen atoms in total. The Labute approximate surface area is 119 Å². The van der Waals surface area contributed by atoms with Gasteiger partial charge in [0.25, 0.3) is 0 Å². The summed E-state index contributed by atoms with van der Waals surface area (Å²) in [7, 11) is 0. The van der Waals surface area contributed by atoms with E-state index in [-0.39, 0.29) is 11.8 Å². The number of ether oxygens (including phenoxy) is 1. The fraction of sp³-hybridized carbons (Fsp3) is 0.625. The number of hydrogen-bond donors (Lipinski definition) is 1. The van der Waals surface area contributed by atoms with Crippen molar-refractivity contribution in [1.29, 1.82) is 0 Å². The van der Waals surface area contributed by atoms with Crippen LogP contribution in [0.3, 0.4) is 0 Å². The average molecular weight is 283 g/mol. The smallest absolute Gasteiger partial charge is 0.387 e. The first kappa shape index (κ1) is 15.2. The second-order valence-corrected chi connectivity index (χ2v) is 5.59. The molecular formula is C16H23F2NO. The molecule has 0 bridgehead atoms. The van der Waals surface area contributed by atoms with Gasteiger partial charge in [-0.05, 0) is 38.2 Å². The lowest BCUT2D eigenvalue weighted by Gasteiger charge is -2.22. The van der Waals surface area contributed by atoms with Crippen LogP contribution in [0.1, 0.15) is 51.1 Å². The van der Waals surface area contributed by atoms with E-state index in [0.29, 0.717) is 6.04 Å². The molecule has 0 aliphatic heterocycles. The topological polar surface area (TPSA) is 21.3 Å². The van der Waals surface area contributed by atoms with Crippen LogP contribution in [0.25, 0.3) is 0 Å². The van der Waals surface area contributed by atoms with Gasteiger partial charge in [-0.2, -0.15) is 8.78 Å². The lowest BCUT2D eigenvalue weighted by Crippen LogP contribution is -2.29. The zero-order chi connectivity index (χ0) is 14.5. The van der Waals surface area contributed by atoms with E-state index in [4.69, 9.17) is 0 Å². The van der Waals surface area contributed by atoms with Crippen molar-refractivity contribution >= 4 is 0 Å². The zero-order valence-corrected chi connectivity index (χ0v) is 12.1. The van der Waals surface area contributed by atoms with Gasteiger partial charge in [0, 0.05) is 17.6 Å². The van der Waals surface area contributed by atoms with Gasteiger partial charge < -0.3 is 10.1 Å². The highest BCUT2D eigenvalue weighted by molar-refractivity contribution is 5.35. The Bertz CT molecular complexity index is 425. The minimum atomic E-state index is -2.78. The molecule has 1 fully saturated rings. The third-order valence-electron chi connectivity index (χ3n) is 4.21. The van der Waals surface area contributed by atoms with Crippen LogP contribution in [0.4, 0.5) is 8.78 Å². The molecule has 112 valence electrons. The predicted molar refractivity (Wildman–Crippen MR) is 76.0 cm³/mol. The standard InChI is InChI=1S/C16H23F2NO/c1-3-12-8-9-13(10-12)19-11(2)14-6-4-5-7-15(14)20-16(17)18/h4-7,11-13,16,19H,3,8-10H2,1-2H3. The first-order valence-corrected chi connectivity index (χ1v) is 7.40. The van der Waals surface area contributed by atoms with Gasteiger partial charge in [0.2, 0.25) is 0 Å². The molecule has 1 aromatic rings. The SMILES string of the molecule is CCC1CCC(NC(C)c2ccccc2OC(F)F)C1. The Morgan fingerprint density at radius 3 is 2.70 bits per heavy atom. The van der Waals surface area contributed by atoms with Gasteiger partial charge in [-0.1, -0.05) is 31.5 Å². The minimum absolute atomic E-state index is 0.0190. The van der Waals surface area contributed by atoms with E-state index in [9.17, 15) is 8.78 Å². The Balaban J connectivity index is 2.00. The van der Waals surface area contributed by atoms with Crippen LogP contribution >= 0.6 is 0 Å². The maximum atomic E-state index is 12.4. The highest BCUT2D eigenvalue weighted by Gasteiger charge is 2.25. The van der Waals surface area contributed by atoms with Gasteiger partial charge in [-0.3, -0.25) is 0 Å². The molecule has 1 aliphatic rings. The summed E-state index contributed by atoms with van der Waals surface area (Å²) in [6, 6.07) is 7.52. The van der Waals surface area contributed by atoms with Crippen LogP contribution < -0.4 is 10.1 Å². The summed E-state index contributed by atoms with van der Waals surface area (Å²) in [6.07, 6.45) is 4.83. The summed E-state index contributed by atoms with van der Waals surface area (Å²) >= 11 is 0. The second kappa shape index (κ2) is 7.02. The maximum absolute atomic E-state index is 12.4. The first-order chi connectivity index (χ1) is 9.60. The minimum Gasteiger partial charge on any atom is -0.434 e. The van der Waals surface area contributed by atoms with Crippen LogP contribution in [-0.4, -0.2) is 12.7 Å². The fourth-order valence-corrected chi connectivity index (χ4v) is 3.08. The number of nitrogens with one attached hydrogen (secondary N) is 1. The van der Waals surface area contributed by atoms with Crippen molar-refractivity contribution in [2.45, 2.75) is 58.2 Å². The van der Waals surface area contributed by atoms with Gasteiger partial charge in [0.05, 0.1) is 0 Å². The summed E-state index contributed by atoms with van der Waals surface area (Å²) in [5, 5.41) is 3.55. The third kappa shape index (κ3) is 3.92. The summed E-state index contributed by atoms with van der Waals surface area (Å²) in [5.41, 5.74) is 0.799. The molecule has 1 saturated carbocycles. The maximum Gasteiger partial charge on any atom is 0.387 e.